The van der Waals surface area contributed by atoms with Crippen LogP contribution in [0.3, 0.4) is 0 Å². The van der Waals surface area contributed by atoms with Gasteiger partial charge in [0.2, 0.25) is 11.8 Å². The number of amides is 4. The molecule has 1 aliphatic rings. The van der Waals surface area contributed by atoms with Gasteiger partial charge in [0.15, 0.2) is 0 Å². The van der Waals surface area contributed by atoms with Crippen molar-refractivity contribution in [2.24, 2.45) is 0 Å². The van der Waals surface area contributed by atoms with Crippen LogP contribution in [-0.4, -0.2) is 30.4 Å². The van der Waals surface area contributed by atoms with Crippen molar-refractivity contribution in [1.29, 1.82) is 0 Å². The lowest BCUT2D eigenvalue weighted by atomic mass is 9.96. The smallest absolute Gasteiger partial charge is 0.315 e. The third-order valence-electron chi connectivity index (χ3n) is 4.04. The molecule has 1 fully saturated rings. The first-order valence-corrected chi connectivity index (χ1v) is 8.75. The number of hydrogen-bond acceptors (Lipinski definition) is 3. The highest BCUT2D eigenvalue weighted by Crippen LogP contribution is 2.17. The highest BCUT2D eigenvalue weighted by atomic mass is 16.2. The number of nitrogens with one attached hydrogen (secondary N) is 4. The molecule has 4 N–H and O–H groups in total. The summed E-state index contributed by atoms with van der Waals surface area (Å²) in [5.74, 6) is -0.366. The van der Waals surface area contributed by atoms with E-state index in [1.165, 1.54) is 13.3 Å². The minimum atomic E-state index is -0.215. The predicted molar refractivity (Wildman–Crippen MR) is 97.4 cm³/mol. The fraction of sp³-hybridized carbons (Fsp3) is 0.500. The number of anilines is 2. The van der Waals surface area contributed by atoms with Gasteiger partial charge < -0.3 is 21.3 Å². The quantitative estimate of drug-likeness (QED) is 0.637. The number of urea groups is 1. The first-order chi connectivity index (χ1) is 12.0. The molecule has 4 amide bonds. The van der Waals surface area contributed by atoms with Crippen molar-refractivity contribution in [3.05, 3.63) is 24.3 Å². The molecule has 25 heavy (non-hydrogen) atoms. The fourth-order valence-corrected chi connectivity index (χ4v) is 2.87. The van der Waals surface area contributed by atoms with Gasteiger partial charge in [0.25, 0.3) is 0 Å². The van der Waals surface area contributed by atoms with E-state index in [1.54, 1.807) is 24.3 Å². The van der Waals surface area contributed by atoms with Gasteiger partial charge in [-0.05, 0) is 31.0 Å². The molecule has 0 aliphatic heterocycles. The van der Waals surface area contributed by atoms with Crippen LogP contribution in [-0.2, 0) is 9.59 Å². The van der Waals surface area contributed by atoms with Crippen LogP contribution >= 0.6 is 0 Å². The van der Waals surface area contributed by atoms with E-state index in [-0.39, 0.29) is 36.9 Å². The molecule has 1 aromatic carbocycles. The topological polar surface area (TPSA) is 99.3 Å². The number of carbonyl (C=O) groups is 3. The molecule has 0 atom stereocenters. The SMILES string of the molecule is CC(=O)Nc1cccc(NC(=O)CCNC(=O)NC2CCCCC2)c1. The van der Waals surface area contributed by atoms with E-state index >= 15 is 0 Å². The fourth-order valence-electron chi connectivity index (χ4n) is 2.87. The van der Waals surface area contributed by atoms with E-state index in [2.05, 4.69) is 21.3 Å². The summed E-state index contributed by atoms with van der Waals surface area (Å²) >= 11 is 0. The van der Waals surface area contributed by atoms with Crippen LogP contribution in [0, 0.1) is 0 Å². The largest absolute Gasteiger partial charge is 0.338 e. The molecule has 0 aromatic heterocycles. The molecule has 0 spiro atoms. The highest BCUT2D eigenvalue weighted by Gasteiger charge is 2.15. The molecule has 0 bridgehead atoms. The molecular weight excluding hydrogens is 320 g/mol. The monoisotopic (exact) mass is 346 g/mol. The van der Waals surface area contributed by atoms with Gasteiger partial charge in [-0.1, -0.05) is 25.3 Å². The standard InChI is InChI=1S/C18H26N4O3/c1-13(23)20-15-8-5-9-16(12-15)21-17(24)10-11-19-18(25)22-14-6-3-2-4-7-14/h5,8-9,12,14H,2-4,6-7,10-11H2,1H3,(H,20,23)(H,21,24)(H2,19,22,25). The van der Waals surface area contributed by atoms with Gasteiger partial charge in [-0.3, -0.25) is 9.59 Å². The van der Waals surface area contributed by atoms with Crippen molar-refractivity contribution in [3.63, 3.8) is 0 Å². The molecule has 7 heteroatoms. The van der Waals surface area contributed by atoms with E-state index < -0.39 is 0 Å². The lowest BCUT2D eigenvalue weighted by Gasteiger charge is -2.22. The van der Waals surface area contributed by atoms with E-state index in [0.29, 0.717) is 11.4 Å². The second-order valence-electron chi connectivity index (χ2n) is 6.30. The van der Waals surface area contributed by atoms with Crippen molar-refractivity contribution < 1.29 is 14.4 Å². The van der Waals surface area contributed by atoms with Crippen molar-refractivity contribution >= 4 is 29.2 Å². The summed E-state index contributed by atoms with van der Waals surface area (Å²) in [6.07, 6.45) is 5.79. The van der Waals surface area contributed by atoms with Crippen LogP contribution in [0.4, 0.5) is 16.2 Å². The van der Waals surface area contributed by atoms with E-state index in [9.17, 15) is 14.4 Å². The van der Waals surface area contributed by atoms with Crippen LogP contribution in [0.2, 0.25) is 0 Å². The van der Waals surface area contributed by atoms with Crippen molar-refractivity contribution in [1.82, 2.24) is 10.6 Å². The van der Waals surface area contributed by atoms with Crippen molar-refractivity contribution in [2.45, 2.75) is 51.5 Å². The van der Waals surface area contributed by atoms with Gasteiger partial charge in [0, 0.05) is 37.3 Å². The summed E-state index contributed by atoms with van der Waals surface area (Å²) in [5.41, 5.74) is 1.22. The lowest BCUT2D eigenvalue weighted by Crippen LogP contribution is -2.43. The van der Waals surface area contributed by atoms with Crippen LogP contribution in [0.25, 0.3) is 0 Å². The van der Waals surface area contributed by atoms with Crippen molar-refractivity contribution in [3.8, 4) is 0 Å². The van der Waals surface area contributed by atoms with E-state index in [0.717, 1.165) is 25.7 Å². The van der Waals surface area contributed by atoms with Crippen LogP contribution in [0.1, 0.15) is 45.4 Å². The summed E-state index contributed by atoms with van der Waals surface area (Å²) in [6.45, 7) is 1.70. The van der Waals surface area contributed by atoms with Crippen LogP contribution < -0.4 is 21.3 Å². The average Bonchev–Trinajstić information content (AvgIpc) is 2.55. The summed E-state index contributed by atoms with van der Waals surface area (Å²) in [5, 5.41) is 11.1. The second-order valence-corrected chi connectivity index (χ2v) is 6.30. The Morgan fingerprint density at radius 2 is 1.72 bits per heavy atom. The second kappa shape index (κ2) is 9.66. The Bertz CT molecular complexity index is 612. The summed E-state index contributed by atoms with van der Waals surface area (Å²) in [7, 11) is 0. The van der Waals surface area contributed by atoms with Gasteiger partial charge in [-0.25, -0.2) is 4.79 Å². The Balaban J connectivity index is 1.68. The van der Waals surface area contributed by atoms with Crippen LogP contribution in [0.5, 0.6) is 0 Å². The first kappa shape index (κ1) is 18.8. The zero-order chi connectivity index (χ0) is 18.1. The number of hydrogen-bond donors (Lipinski definition) is 4. The van der Waals surface area contributed by atoms with Crippen molar-refractivity contribution in [2.75, 3.05) is 17.2 Å². The van der Waals surface area contributed by atoms with Gasteiger partial charge in [-0.15, -0.1) is 0 Å². The number of rotatable bonds is 6. The summed E-state index contributed by atoms with van der Waals surface area (Å²) in [4.78, 5) is 34.8. The molecule has 7 nitrogen and oxygen atoms in total. The summed E-state index contributed by atoms with van der Waals surface area (Å²) in [6, 6.07) is 6.95. The predicted octanol–water partition coefficient (Wildman–Crippen LogP) is 2.61. The molecule has 0 saturated heterocycles. The number of carbonyl (C=O) groups excluding carboxylic acids is 3. The summed E-state index contributed by atoms with van der Waals surface area (Å²) < 4.78 is 0. The average molecular weight is 346 g/mol. The first-order valence-electron chi connectivity index (χ1n) is 8.75. The molecule has 1 aliphatic carbocycles. The number of benzene rings is 1. The third-order valence-corrected chi connectivity index (χ3v) is 4.04. The Labute approximate surface area is 147 Å². The molecule has 0 radical (unpaired) electrons. The third kappa shape index (κ3) is 7.24. The minimum Gasteiger partial charge on any atom is -0.338 e. The Hall–Kier alpha value is -2.57. The molecule has 0 unspecified atom stereocenters. The Morgan fingerprint density at radius 3 is 2.40 bits per heavy atom. The highest BCUT2D eigenvalue weighted by molar-refractivity contribution is 5.93. The maximum atomic E-state index is 11.9. The normalized spacial score (nSPS) is 14.4. The molecule has 0 heterocycles. The zero-order valence-electron chi connectivity index (χ0n) is 14.6. The molecule has 1 aromatic rings. The zero-order valence-corrected chi connectivity index (χ0v) is 14.6. The van der Waals surface area contributed by atoms with E-state index in [4.69, 9.17) is 0 Å². The minimum absolute atomic E-state index is 0.170. The molecule has 1 saturated carbocycles. The van der Waals surface area contributed by atoms with Gasteiger partial charge >= 0.3 is 6.03 Å². The van der Waals surface area contributed by atoms with E-state index in [1.807, 2.05) is 0 Å². The molecular formula is C18H26N4O3. The van der Waals surface area contributed by atoms with Gasteiger partial charge in [-0.2, -0.15) is 0 Å². The lowest BCUT2D eigenvalue weighted by molar-refractivity contribution is -0.116. The van der Waals surface area contributed by atoms with Gasteiger partial charge in [0.1, 0.15) is 0 Å². The Morgan fingerprint density at radius 1 is 1.04 bits per heavy atom. The molecule has 2 rings (SSSR count). The molecule has 136 valence electrons. The van der Waals surface area contributed by atoms with Gasteiger partial charge in [0.05, 0.1) is 0 Å². The maximum absolute atomic E-state index is 11.9. The maximum Gasteiger partial charge on any atom is 0.315 e. The Kier molecular flexibility index (Phi) is 7.25. The van der Waals surface area contributed by atoms with Crippen LogP contribution in [0.15, 0.2) is 24.3 Å².